The molecule has 0 saturated carbocycles. The van der Waals surface area contributed by atoms with Gasteiger partial charge in [0.05, 0.1) is 5.69 Å². The maximum Gasteiger partial charge on any atom is 0.226 e. The summed E-state index contributed by atoms with van der Waals surface area (Å²) >= 11 is 1.46. The number of para-hydroxylation sites is 1. The van der Waals surface area contributed by atoms with Crippen LogP contribution in [-0.2, 0) is 4.79 Å². The quantitative estimate of drug-likeness (QED) is 0.740. The molecule has 0 unspecified atom stereocenters. The van der Waals surface area contributed by atoms with Gasteiger partial charge in [-0.25, -0.2) is 4.98 Å². The zero-order chi connectivity index (χ0) is 15.7. The number of nitrogens with zero attached hydrogens (tertiary/aromatic N) is 1. The largest absolute Gasteiger partial charge is 0.358 e. The van der Waals surface area contributed by atoms with Crippen molar-refractivity contribution in [2.75, 3.05) is 5.32 Å². The van der Waals surface area contributed by atoms with Crippen molar-refractivity contribution in [3.63, 3.8) is 0 Å². The molecule has 2 aromatic heterocycles. The molecule has 1 amide bonds. The predicted molar refractivity (Wildman–Crippen MR) is 92.2 cm³/mol. The number of aromatic nitrogens is 2. The Hall–Kier alpha value is -2.14. The number of hydrogen-bond donors (Lipinski definition) is 2. The number of benzene rings is 1. The number of aromatic amines is 1. The number of anilines is 1. The van der Waals surface area contributed by atoms with Gasteiger partial charge in [-0.2, -0.15) is 0 Å². The predicted octanol–water partition coefficient (Wildman–Crippen LogP) is 4.58. The van der Waals surface area contributed by atoms with Gasteiger partial charge in [0.15, 0.2) is 5.13 Å². The van der Waals surface area contributed by atoms with E-state index in [0.29, 0.717) is 17.5 Å². The molecule has 2 N–H and O–H groups in total. The van der Waals surface area contributed by atoms with Crippen molar-refractivity contribution in [1.82, 2.24) is 9.97 Å². The van der Waals surface area contributed by atoms with E-state index in [4.69, 9.17) is 0 Å². The van der Waals surface area contributed by atoms with E-state index in [1.165, 1.54) is 11.3 Å². The first-order valence-corrected chi connectivity index (χ1v) is 8.25. The Morgan fingerprint density at radius 2 is 2.14 bits per heavy atom. The van der Waals surface area contributed by atoms with E-state index in [1.807, 2.05) is 38.3 Å². The molecule has 0 bridgehead atoms. The highest BCUT2D eigenvalue weighted by atomic mass is 32.1. The van der Waals surface area contributed by atoms with E-state index < -0.39 is 0 Å². The van der Waals surface area contributed by atoms with Crippen molar-refractivity contribution < 1.29 is 4.79 Å². The second kappa shape index (κ2) is 5.93. The van der Waals surface area contributed by atoms with Gasteiger partial charge in [0, 0.05) is 34.0 Å². The molecule has 114 valence electrons. The van der Waals surface area contributed by atoms with Crippen molar-refractivity contribution >= 4 is 33.3 Å². The number of H-pyrrole nitrogens is 1. The third-order valence-corrected chi connectivity index (χ3v) is 4.25. The fourth-order valence-electron chi connectivity index (χ4n) is 2.59. The second-order valence-electron chi connectivity index (χ2n) is 5.85. The first-order valence-electron chi connectivity index (χ1n) is 7.37. The summed E-state index contributed by atoms with van der Waals surface area (Å²) in [7, 11) is 0. The normalized spacial score (nSPS) is 11.3. The van der Waals surface area contributed by atoms with E-state index in [1.54, 1.807) is 0 Å². The molecule has 2 heterocycles. The standard InChI is InChI=1S/C17H19N3OS/c1-10(2)8-15(21)20-17-19-14(9-22-17)16-11(3)18-13-7-5-4-6-12(13)16/h4-7,9-10,18H,8H2,1-3H3,(H,19,20,21). The third-order valence-electron chi connectivity index (χ3n) is 3.49. The Labute approximate surface area is 133 Å². The van der Waals surface area contributed by atoms with Crippen LogP contribution in [0.2, 0.25) is 0 Å². The van der Waals surface area contributed by atoms with Gasteiger partial charge in [0.1, 0.15) is 0 Å². The molecule has 0 radical (unpaired) electrons. The van der Waals surface area contributed by atoms with Crippen LogP contribution in [0.15, 0.2) is 29.6 Å². The van der Waals surface area contributed by atoms with Gasteiger partial charge in [0.2, 0.25) is 5.91 Å². The minimum absolute atomic E-state index is 0.0200. The third kappa shape index (κ3) is 2.90. The second-order valence-corrected chi connectivity index (χ2v) is 6.71. The van der Waals surface area contributed by atoms with Gasteiger partial charge in [0.25, 0.3) is 0 Å². The zero-order valence-electron chi connectivity index (χ0n) is 12.9. The molecular weight excluding hydrogens is 294 g/mol. The van der Waals surface area contributed by atoms with Crippen LogP contribution < -0.4 is 5.32 Å². The van der Waals surface area contributed by atoms with E-state index in [0.717, 1.165) is 27.9 Å². The summed E-state index contributed by atoms with van der Waals surface area (Å²) in [6, 6.07) is 8.19. The highest BCUT2D eigenvalue weighted by Crippen LogP contribution is 2.33. The van der Waals surface area contributed by atoms with Crippen LogP contribution in [0.3, 0.4) is 0 Å². The summed E-state index contributed by atoms with van der Waals surface area (Å²) in [6.45, 7) is 6.11. The lowest BCUT2D eigenvalue weighted by molar-refractivity contribution is -0.116. The molecule has 0 aliphatic carbocycles. The molecule has 3 aromatic rings. The summed E-state index contributed by atoms with van der Waals surface area (Å²) < 4.78 is 0. The van der Waals surface area contributed by atoms with E-state index in [9.17, 15) is 4.79 Å². The van der Waals surface area contributed by atoms with E-state index >= 15 is 0 Å². The number of nitrogens with one attached hydrogen (secondary N) is 2. The molecule has 22 heavy (non-hydrogen) atoms. The van der Waals surface area contributed by atoms with Crippen LogP contribution in [0, 0.1) is 12.8 Å². The minimum atomic E-state index is 0.0200. The highest BCUT2D eigenvalue weighted by molar-refractivity contribution is 7.14. The molecule has 0 atom stereocenters. The maximum absolute atomic E-state index is 11.8. The van der Waals surface area contributed by atoms with Gasteiger partial charge >= 0.3 is 0 Å². The minimum Gasteiger partial charge on any atom is -0.358 e. The van der Waals surface area contributed by atoms with Crippen LogP contribution in [0.5, 0.6) is 0 Å². The fourth-order valence-corrected chi connectivity index (χ4v) is 3.31. The van der Waals surface area contributed by atoms with Crippen molar-refractivity contribution in [1.29, 1.82) is 0 Å². The average Bonchev–Trinajstić information content (AvgIpc) is 3.00. The fraction of sp³-hybridized carbons (Fsp3) is 0.294. The van der Waals surface area contributed by atoms with Gasteiger partial charge < -0.3 is 10.3 Å². The first kappa shape index (κ1) is 14.8. The average molecular weight is 313 g/mol. The van der Waals surface area contributed by atoms with Crippen molar-refractivity contribution in [2.45, 2.75) is 27.2 Å². The molecule has 1 aromatic carbocycles. The van der Waals surface area contributed by atoms with Crippen LogP contribution in [0.1, 0.15) is 26.0 Å². The molecule has 5 heteroatoms. The lowest BCUT2D eigenvalue weighted by Crippen LogP contribution is -2.13. The molecular formula is C17H19N3OS. The molecule has 0 aliphatic rings. The van der Waals surface area contributed by atoms with Crippen LogP contribution in [0.25, 0.3) is 22.2 Å². The highest BCUT2D eigenvalue weighted by Gasteiger charge is 2.14. The SMILES string of the molecule is Cc1[nH]c2ccccc2c1-c1csc(NC(=O)CC(C)C)n1. The lowest BCUT2D eigenvalue weighted by atomic mass is 10.1. The Morgan fingerprint density at radius 1 is 1.36 bits per heavy atom. The molecule has 0 spiro atoms. The molecule has 3 rings (SSSR count). The van der Waals surface area contributed by atoms with Crippen LogP contribution >= 0.6 is 11.3 Å². The first-order chi connectivity index (χ1) is 10.5. The summed E-state index contributed by atoms with van der Waals surface area (Å²) in [5, 5.41) is 6.69. The van der Waals surface area contributed by atoms with Gasteiger partial charge in [-0.05, 0) is 18.9 Å². The Balaban J connectivity index is 1.90. The number of hydrogen-bond acceptors (Lipinski definition) is 3. The van der Waals surface area contributed by atoms with Gasteiger partial charge in [-0.3, -0.25) is 4.79 Å². The summed E-state index contributed by atoms with van der Waals surface area (Å²) in [4.78, 5) is 19.8. The summed E-state index contributed by atoms with van der Waals surface area (Å²) in [5.74, 6) is 0.363. The molecule has 4 nitrogen and oxygen atoms in total. The maximum atomic E-state index is 11.8. The number of fused-ring (bicyclic) bond motifs is 1. The van der Waals surface area contributed by atoms with E-state index in [-0.39, 0.29) is 5.91 Å². The zero-order valence-corrected chi connectivity index (χ0v) is 13.8. The number of thiazole rings is 1. The topological polar surface area (TPSA) is 57.8 Å². The van der Waals surface area contributed by atoms with Crippen LogP contribution in [-0.4, -0.2) is 15.9 Å². The van der Waals surface area contributed by atoms with Gasteiger partial charge in [-0.15, -0.1) is 11.3 Å². The van der Waals surface area contributed by atoms with Gasteiger partial charge in [-0.1, -0.05) is 32.0 Å². The van der Waals surface area contributed by atoms with E-state index in [2.05, 4.69) is 27.4 Å². The van der Waals surface area contributed by atoms with Crippen molar-refractivity contribution in [2.24, 2.45) is 5.92 Å². The smallest absolute Gasteiger partial charge is 0.226 e. The number of carbonyl (C=O) groups excluding carboxylic acids is 1. The molecule has 0 saturated heterocycles. The number of carbonyl (C=O) groups is 1. The summed E-state index contributed by atoms with van der Waals surface area (Å²) in [6.07, 6.45) is 0.515. The molecule has 0 aliphatic heterocycles. The van der Waals surface area contributed by atoms with Crippen LogP contribution in [0.4, 0.5) is 5.13 Å². The number of rotatable bonds is 4. The molecule has 0 fully saturated rings. The number of aryl methyl sites for hydroxylation is 1. The van der Waals surface area contributed by atoms with Crippen molar-refractivity contribution in [3.05, 3.63) is 35.3 Å². The Kier molecular flexibility index (Phi) is 3.98. The Morgan fingerprint density at radius 3 is 2.91 bits per heavy atom. The Bertz CT molecular complexity index is 816. The monoisotopic (exact) mass is 313 g/mol. The van der Waals surface area contributed by atoms with Crippen molar-refractivity contribution in [3.8, 4) is 11.3 Å². The number of amides is 1. The summed E-state index contributed by atoms with van der Waals surface area (Å²) in [5.41, 5.74) is 4.20. The lowest BCUT2D eigenvalue weighted by Gasteiger charge is -2.03.